The molecule has 0 atom stereocenters. The molecule has 5 heteroatoms. The summed E-state index contributed by atoms with van der Waals surface area (Å²) in [4.78, 5) is 11.8. The highest BCUT2D eigenvalue weighted by Crippen LogP contribution is 2.17. The van der Waals surface area contributed by atoms with E-state index in [9.17, 15) is 4.79 Å². The van der Waals surface area contributed by atoms with Crippen molar-refractivity contribution in [3.05, 3.63) is 11.8 Å². The highest BCUT2D eigenvalue weighted by atomic mass is 16.5. The zero-order chi connectivity index (χ0) is 13.2. The van der Waals surface area contributed by atoms with Gasteiger partial charge in [0.05, 0.1) is 0 Å². The number of carbonyl (C=O) groups excluding carboxylic acids is 1. The molecule has 1 saturated carbocycles. The first-order valence-electron chi connectivity index (χ1n) is 6.41. The lowest BCUT2D eigenvalue weighted by atomic mass is 10.2. The number of ether oxygens (including phenoxy) is 1. The summed E-state index contributed by atoms with van der Waals surface area (Å²) in [6.07, 6.45) is 6.69. The summed E-state index contributed by atoms with van der Waals surface area (Å²) in [6.45, 7) is 1.35. The first-order valence-corrected chi connectivity index (χ1v) is 6.41. The second-order valence-electron chi connectivity index (χ2n) is 4.43. The number of nitriles is 1. The number of nitrogens with zero attached hydrogens (tertiary/aromatic N) is 1. The molecular weight excluding hydrogens is 230 g/mol. The van der Waals surface area contributed by atoms with Gasteiger partial charge in [0, 0.05) is 32.5 Å². The zero-order valence-corrected chi connectivity index (χ0v) is 10.9. The summed E-state index contributed by atoms with van der Waals surface area (Å²) < 4.78 is 4.91. The lowest BCUT2D eigenvalue weighted by Gasteiger charge is -2.11. The van der Waals surface area contributed by atoms with Crippen LogP contribution in [0.3, 0.4) is 0 Å². The van der Waals surface area contributed by atoms with Crippen LogP contribution >= 0.6 is 0 Å². The first-order chi connectivity index (χ1) is 8.77. The van der Waals surface area contributed by atoms with Crippen molar-refractivity contribution in [1.29, 1.82) is 5.26 Å². The third-order valence-corrected chi connectivity index (χ3v) is 2.97. The second-order valence-corrected chi connectivity index (χ2v) is 4.43. The Morgan fingerprint density at radius 3 is 2.83 bits per heavy atom. The van der Waals surface area contributed by atoms with E-state index >= 15 is 0 Å². The molecular formula is C13H21N3O2. The fourth-order valence-electron chi connectivity index (χ4n) is 1.97. The number of methoxy groups -OCH3 is 1. The van der Waals surface area contributed by atoms with Crippen LogP contribution in [0.15, 0.2) is 11.8 Å². The number of hydrogen-bond acceptors (Lipinski definition) is 4. The normalized spacial score (nSPS) is 16.3. The van der Waals surface area contributed by atoms with Crippen LogP contribution in [-0.4, -0.2) is 32.2 Å². The van der Waals surface area contributed by atoms with Crippen molar-refractivity contribution in [2.24, 2.45) is 0 Å². The summed E-state index contributed by atoms with van der Waals surface area (Å²) in [7, 11) is 1.64. The van der Waals surface area contributed by atoms with Crippen molar-refractivity contribution in [3.8, 4) is 6.07 Å². The Morgan fingerprint density at radius 1 is 1.50 bits per heavy atom. The number of carbonyl (C=O) groups is 1. The molecule has 1 amide bonds. The monoisotopic (exact) mass is 251 g/mol. The smallest absolute Gasteiger partial charge is 0.263 e. The van der Waals surface area contributed by atoms with E-state index in [1.807, 2.05) is 6.07 Å². The fraction of sp³-hybridized carbons (Fsp3) is 0.692. The maximum Gasteiger partial charge on any atom is 0.263 e. The Kier molecular flexibility index (Phi) is 6.89. The van der Waals surface area contributed by atoms with Crippen LogP contribution in [0.2, 0.25) is 0 Å². The maximum absolute atomic E-state index is 11.8. The zero-order valence-electron chi connectivity index (χ0n) is 10.9. The molecule has 1 rings (SSSR count). The number of amides is 1. The third kappa shape index (κ3) is 5.19. The van der Waals surface area contributed by atoms with Crippen LogP contribution in [0.25, 0.3) is 0 Å². The summed E-state index contributed by atoms with van der Waals surface area (Å²) in [5.74, 6) is -0.274. The lowest BCUT2D eigenvalue weighted by molar-refractivity contribution is -0.117. The van der Waals surface area contributed by atoms with Crippen LogP contribution in [0.5, 0.6) is 0 Å². The van der Waals surface area contributed by atoms with Crippen molar-refractivity contribution in [2.75, 3.05) is 20.3 Å². The topological polar surface area (TPSA) is 74.1 Å². The highest BCUT2D eigenvalue weighted by Gasteiger charge is 2.18. The molecule has 0 aromatic rings. The minimum absolute atomic E-state index is 0.138. The Labute approximate surface area is 108 Å². The quantitative estimate of drug-likeness (QED) is 0.403. The van der Waals surface area contributed by atoms with Crippen molar-refractivity contribution < 1.29 is 9.53 Å². The fourth-order valence-corrected chi connectivity index (χ4v) is 1.97. The van der Waals surface area contributed by atoms with Crippen LogP contribution in [-0.2, 0) is 9.53 Å². The van der Waals surface area contributed by atoms with Gasteiger partial charge in [-0.2, -0.15) is 5.26 Å². The van der Waals surface area contributed by atoms with Gasteiger partial charge in [0.2, 0.25) is 0 Å². The molecule has 0 bridgehead atoms. The van der Waals surface area contributed by atoms with Gasteiger partial charge in [-0.15, -0.1) is 0 Å². The van der Waals surface area contributed by atoms with E-state index in [1.165, 1.54) is 6.20 Å². The van der Waals surface area contributed by atoms with Gasteiger partial charge in [-0.25, -0.2) is 0 Å². The van der Waals surface area contributed by atoms with E-state index in [-0.39, 0.29) is 17.5 Å². The maximum atomic E-state index is 11.8. The Balaban J connectivity index is 2.32. The molecule has 18 heavy (non-hydrogen) atoms. The van der Waals surface area contributed by atoms with Crippen molar-refractivity contribution in [1.82, 2.24) is 10.6 Å². The Morgan fingerprint density at radius 2 is 2.22 bits per heavy atom. The van der Waals surface area contributed by atoms with Crippen LogP contribution in [0.1, 0.15) is 32.1 Å². The molecule has 0 radical (unpaired) electrons. The predicted octanol–water partition coefficient (Wildman–Crippen LogP) is 1.08. The van der Waals surface area contributed by atoms with Crippen LogP contribution < -0.4 is 10.6 Å². The van der Waals surface area contributed by atoms with Gasteiger partial charge in [-0.1, -0.05) is 12.8 Å². The van der Waals surface area contributed by atoms with Crippen molar-refractivity contribution in [2.45, 2.75) is 38.1 Å². The molecule has 1 aliphatic rings. The molecule has 2 N–H and O–H groups in total. The minimum Gasteiger partial charge on any atom is -0.390 e. The summed E-state index contributed by atoms with van der Waals surface area (Å²) >= 11 is 0. The standard InChI is InChI=1S/C13H21N3O2/c1-18-8-4-7-15-10-11(9-14)13(17)16-12-5-2-3-6-12/h10,12,15H,2-8H2,1H3,(H,16,17)/b11-10-. The molecule has 0 aromatic heterocycles. The average Bonchev–Trinajstić information content (AvgIpc) is 2.86. The molecule has 1 aliphatic carbocycles. The highest BCUT2D eigenvalue weighted by molar-refractivity contribution is 5.97. The Hall–Kier alpha value is -1.54. The molecule has 0 heterocycles. The number of nitrogens with one attached hydrogen (secondary N) is 2. The van der Waals surface area contributed by atoms with Gasteiger partial charge in [0.15, 0.2) is 0 Å². The van der Waals surface area contributed by atoms with Crippen molar-refractivity contribution in [3.63, 3.8) is 0 Å². The molecule has 1 fully saturated rings. The Bertz CT molecular complexity index is 328. The van der Waals surface area contributed by atoms with E-state index in [4.69, 9.17) is 10.00 Å². The summed E-state index contributed by atoms with van der Waals surface area (Å²) in [6, 6.07) is 2.16. The number of rotatable bonds is 7. The largest absolute Gasteiger partial charge is 0.390 e. The van der Waals surface area contributed by atoms with E-state index < -0.39 is 0 Å². The van der Waals surface area contributed by atoms with Gasteiger partial charge in [-0.3, -0.25) is 4.79 Å². The summed E-state index contributed by atoms with van der Waals surface area (Å²) in [5, 5.41) is 14.8. The lowest BCUT2D eigenvalue weighted by Crippen LogP contribution is -2.33. The first kappa shape index (κ1) is 14.5. The molecule has 5 nitrogen and oxygen atoms in total. The van der Waals surface area contributed by atoms with Gasteiger partial charge >= 0.3 is 0 Å². The molecule has 0 unspecified atom stereocenters. The van der Waals surface area contributed by atoms with Gasteiger partial charge in [-0.05, 0) is 19.3 Å². The molecule has 0 aromatic carbocycles. The second kappa shape index (κ2) is 8.54. The molecule has 0 aliphatic heterocycles. The molecule has 100 valence electrons. The average molecular weight is 251 g/mol. The predicted molar refractivity (Wildman–Crippen MR) is 68.6 cm³/mol. The van der Waals surface area contributed by atoms with Gasteiger partial charge in [0.25, 0.3) is 5.91 Å². The summed E-state index contributed by atoms with van der Waals surface area (Å²) in [5.41, 5.74) is 0.138. The van der Waals surface area contributed by atoms with E-state index in [0.717, 1.165) is 32.1 Å². The number of hydrogen-bond donors (Lipinski definition) is 2. The van der Waals surface area contributed by atoms with E-state index in [2.05, 4.69) is 10.6 Å². The minimum atomic E-state index is -0.274. The third-order valence-electron chi connectivity index (χ3n) is 2.97. The SMILES string of the molecule is COCCCN/C=C(/C#N)C(=O)NC1CCCC1. The van der Waals surface area contributed by atoms with Gasteiger partial charge in [0.1, 0.15) is 11.6 Å². The van der Waals surface area contributed by atoms with E-state index in [0.29, 0.717) is 13.2 Å². The van der Waals surface area contributed by atoms with Crippen LogP contribution in [0.4, 0.5) is 0 Å². The van der Waals surface area contributed by atoms with Crippen molar-refractivity contribution >= 4 is 5.91 Å². The van der Waals surface area contributed by atoms with Crippen LogP contribution in [0, 0.1) is 11.3 Å². The van der Waals surface area contributed by atoms with E-state index in [1.54, 1.807) is 7.11 Å². The van der Waals surface area contributed by atoms with Gasteiger partial charge < -0.3 is 15.4 Å². The molecule has 0 spiro atoms. The molecule has 0 saturated heterocycles.